The molecule has 0 saturated heterocycles. The molecule has 0 spiro atoms. The molecule has 1 fully saturated rings. The van der Waals surface area contributed by atoms with E-state index in [0.717, 1.165) is 72.9 Å². The van der Waals surface area contributed by atoms with Gasteiger partial charge in [0.05, 0.1) is 19.3 Å². The van der Waals surface area contributed by atoms with Gasteiger partial charge < -0.3 is 24.6 Å². The fourth-order valence-electron chi connectivity index (χ4n) is 5.51. The van der Waals surface area contributed by atoms with E-state index < -0.39 is 6.10 Å². The van der Waals surface area contributed by atoms with Crippen molar-refractivity contribution in [3.05, 3.63) is 84.4 Å². The first-order valence-corrected chi connectivity index (χ1v) is 12.6. The molecule has 2 N–H and O–H groups in total. The van der Waals surface area contributed by atoms with Gasteiger partial charge in [-0.1, -0.05) is 30.4 Å². The molecule has 1 aromatic carbocycles. The quantitative estimate of drug-likeness (QED) is 0.502. The lowest BCUT2D eigenvalue weighted by Crippen LogP contribution is -2.43. The van der Waals surface area contributed by atoms with Crippen LogP contribution in [0.1, 0.15) is 56.6 Å². The molecule has 184 valence electrons. The Hall–Kier alpha value is -3.09. The van der Waals surface area contributed by atoms with Gasteiger partial charge in [-0.25, -0.2) is 0 Å². The molecule has 2 aliphatic carbocycles. The first-order chi connectivity index (χ1) is 17.2. The minimum Gasteiger partial charge on any atom is -0.494 e. The first-order valence-electron chi connectivity index (χ1n) is 12.6. The maximum absolute atomic E-state index is 11.1. The Kier molecular flexibility index (Phi) is 7.50. The number of aliphatic hydroxyl groups excluding tert-OH is 1. The number of hydrogen-bond acceptors (Lipinski definition) is 6. The zero-order valence-electron chi connectivity index (χ0n) is 20.2. The molecule has 1 aromatic heterocycles. The smallest absolute Gasteiger partial charge is 0.159 e. The number of benzene rings is 1. The Morgan fingerprint density at radius 1 is 1.17 bits per heavy atom. The average molecular weight is 475 g/mol. The molecule has 2 unspecified atom stereocenters. The second-order valence-corrected chi connectivity index (χ2v) is 9.58. The van der Waals surface area contributed by atoms with Gasteiger partial charge in [0.15, 0.2) is 5.76 Å². The third-order valence-electron chi connectivity index (χ3n) is 7.38. The zero-order chi connectivity index (χ0) is 24.0. The van der Waals surface area contributed by atoms with Crippen LogP contribution in [0, 0.1) is 5.92 Å². The van der Waals surface area contributed by atoms with Gasteiger partial charge in [0.1, 0.15) is 30.1 Å². The molecule has 35 heavy (non-hydrogen) atoms. The van der Waals surface area contributed by atoms with Crippen molar-refractivity contribution >= 4 is 10.9 Å². The molecule has 1 aliphatic heterocycles. The highest BCUT2D eigenvalue weighted by Gasteiger charge is 2.29. The summed E-state index contributed by atoms with van der Waals surface area (Å²) in [5.74, 6) is 2.04. The van der Waals surface area contributed by atoms with E-state index in [-0.39, 0.29) is 6.04 Å². The van der Waals surface area contributed by atoms with Gasteiger partial charge in [-0.05, 0) is 74.1 Å². The van der Waals surface area contributed by atoms with Crippen LogP contribution in [-0.4, -0.2) is 29.3 Å². The number of pyridine rings is 1. The first kappa shape index (κ1) is 23.6. The molecule has 6 heteroatoms. The lowest BCUT2D eigenvalue weighted by Gasteiger charge is -2.34. The van der Waals surface area contributed by atoms with Gasteiger partial charge in [-0.3, -0.25) is 4.98 Å². The van der Waals surface area contributed by atoms with E-state index in [2.05, 4.69) is 28.5 Å². The zero-order valence-corrected chi connectivity index (χ0v) is 20.2. The molecule has 2 atom stereocenters. The summed E-state index contributed by atoms with van der Waals surface area (Å²) in [4.78, 5) is 4.48. The largest absolute Gasteiger partial charge is 0.494 e. The summed E-state index contributed by atoms with van der Waals surface area (Å²) in [6.45, 7) is 0. The van der Waals surface area contributed by atoms with Crippen molar-refractivity contribution in [3.8, 4) is 5.75 Å². The van der Waals surface area contributed by atoms with E-state index in [1.165, 1.54) is 5.57 Å². The molecule has 0 amide bonds. The van der Waals surface area contributed by atoms with Crippen molar-refractivity contribution in [1.82, 2.24) is 10.3 Å². The minimum absolute atomic E-state index is 0.0233. The van der Waals surface area contributed by atoms with Crippen molar-refractivity contribution < 1.29 is 19.3 Å². The maximum atomic E-state index is 11.1. The number of aliphatic hydroxyl groups is 1. The van der Waals surface area contributed by atoms with Crippen LogP contribution < -0.4 is 10.1 Å². The number of aromatic nitrogens is 1. The molecular weight excluding hydrogens is 440 g/mol. The van der Waals surface area contributed by atoms with Gasteiger partial charge in [0, 0.05) is 17.6 Å². The number of methoxy groups -OCH3 is 1. The lowest BCUT2D eigenvalue weighted by molar-refractivity contribution is 0.126. The third kappa shape index (κ3) is 5.44. The summed E-state index contributed by atoms with van der Waals surface area (Å²) in [5.41, 5.74) is 3.06. The molecule has 2 aromatic rings. The molecule has 0 radical (unpaired) electrons. The number of ether oxygens (including phenoxy) is 3. The van der Waals surface area contributed by atoms with Crippen molar-refractivity contribution in [2.24, 2.45) is 5.92 Å². The summed E-state index contributed by atoms with van der Waals surface area (Å²) in [5, 5.41) is 15.9. The molecule has 2 heterocycles. The van der Waals surface area contributed by atoms with Crippen LogP contribution in [0.4, 0.5) is 0 Å². The molecular formula is C29H34N2O4. The number of para-hydroxylation sites is 1. The fraction of sp³-hybridized carbons (Fsp3) is 0.414. The van der Waals surface area contributed by atoms with Crippen LogP contribution in [0.3, 0.4) is 0 Å². The highest BCUT2D eigenvalue weighted by molar-refractivity contribution is 5.87. The Morgan fingerprint density at radius 2 is 2.06 bits per heavy atom. The normalized spacial score (nSPS) is 23.6. The van der Waals surface area contributed by atoms with E-state index in [4.69, 9.17) is 14.2 Å². The molecule has 3 aliphatic rings. The van der Waals surface area contributed by atoms with Crippen LogP contribution in [-0.2, 0) is 9.47 Å². The number of hydrogen-bond donors (Lipinski definition) is 2. The Morgan fingerprint density at radius 3 is 2.80 bits per heavy atom. The van der Waals surface area contributed by atoms with Crippen LogP contribution in [0.15, 0.2) is 78.8 Å². The number of nitrogens with one attached hydrogen (secondary N) is 1. The third-order valence-corrected chi connectivity index (χ3v) is 7.38. The predicted molar refractivity (Wildman–Crippen MR) is 136 cm³/mol. The second-order valence-electron chi connectivity index (χ2n) is 9.58. The fourth-order valence-corrected chi connectivity index (χ4v) is 5.51. The standard InChI is InChI=1S/C29H34N2O4/c1-33-26-9-5-8-24-23(14-15-30-29(24)26)25(32)18-20-10-12-22(13-11-20)31-28(21-6-3-2-4-7-21)27-19-34-16-17-35-27/h2-3,5-6,8-9,14-17,19-20,22,25,28,31-32H,4,7,10-13,18H2,1H3. The van der Waals surface area contributed by atoms with Crippen molar-refractivity contribution in [2.45, 2.75) is 63.1 Å². The molecule has 0 bridgehead atoms. The highest BCUT2D eigenvalue weighted by atomic mass is 16.5. The SMILES string of the molecule is COc1cccc2c(C(O)CC3CCC(NC(C4=CC=CCC4)C4=COC=CO4)CC3)ccnc12. The number of rotatable bonds is 8. The maximum Gasteiger partial charge on any atom is 0.159 e. The van der Waals surface area contributed by atoms with Gasteiger partial charge in [0.2, 0.25) is 0 Å². The van der Waals surface area contributed by atoms with Crippen molar-refractivity contribution in [1.29, 1.82) is 0 Å². The van der Waals surface area contributed by atoms with E-state index in [0.29, 0.717) is 12.0 Å². The van der Waals surface area contributed by atoms with Crippen LogP contribution in [0.5, 0.6) is 5.75 Å². The Labute approximate surface area is 207 Å². The highest BCUT2D eigenvalue weighted by Crippen LogP contribution is 2.36. The van der Waals surface area contributed by atoms with E-state index in [1.807, 2.05) is 24.3 Å². The van der Waals surface area contributed by atoms with Gasteiger partial charge >= 0.3 is 0 Å². The van der Waals surface area contributed by atoms with Crippen LogP contribution >= 0.6 is 0 Å². The summed E-state index contributed by atoms with van der Waals surface area (Å²) < 4.78 is 16.6. The predicted octanol–water partition coefficient (Wildman–Crippen LogP) is 5.82. The number of fused-ring (bicyclic) bond motifs is 1. The van der Waals surface area contributed by atoms with Crippen LogP contribution in [0.25, 0.3) is 10.9 Å². The molecule has 6 nitrogen and oxygen atoms in total. The van der Waals surface area contributed by atoms with Crippen molar-refractivity contribution in [3.63, 3.8) is 0 Å². The Bertz CT molecular complexity index is 1140. The Balaban J connectivity index is 1.21. The molecule has 1 saturated carbocycles. The van der Waals surface area contributed by atoms with Gasteiger partial charge in [-0.2, -0.15) is 0 Å². The topological polar surface area (TPSA) is 72.8 Å². The number of allylic oxidation sites excluding steroid dienone is 3. The average Bonchev–Trinajstić information content (AvgIpc) is 2.93. The molecule has 5 rings (SSSR count). The van der Waals surface area contributed by atoms with Gasteiger partial charge in [0.25, 0.3) is 0 Å². The lowest BCUT2D eigenvalue weighted by atomic mass is 9.81. The van der Waals surface area contributed by atoms with Crippen LogP contribution in [0.2, 0.25) is 0 Å². The summed E-state index contributed by atoms with van der Waals surface area (Å²) in [6, 6.07) is 8.24. The number of nitrogens with zero attached hydrogens (tertiary/aromatic N) is 1. The van der Waals surface area contributed by atoms with Gasteiger partial charge in [-0.15, -0.1) is 0 Å². The monoisotopic (exact) mass is 474 g/mol. The summed E-state index contributed by atoms with van der Waals surface area (Å²) in [6.07, 6.45) is 19.8. The van der Waals surface area contributed by atoms with E-state index >= 15 is 0 Å². The summed E-state index contributed by atoms with van der Waals surface area (Å²) in [7, 11) is 1.65. The second kappa shape index (κ2) is 11.1. The van der Waals surface area contributed by atoms with E-state index in [9.17, 15) is 5.11 Å². The summed E-state index contributed by atoms with van der Waals surface area (Å²) >= 11 is 0. The van der Waals surface area contributed by atoms with Crippen molar-refractivity contribution in [2.75, 3.05) is 7.11 Å². The van der Waals surface area contributed by atoms with E-state index in [1.54, 1.807) is 32.1 Å². The minimum atomic E-state index is -0.515.